The number of esters is 4. The summed E-state index contributed by atoms with van der Waals surface area (Å²) in [6.45, 7) is 7.40. The molecule has 0 unspecified atom stereocenters. The molecule has 17 nitrogen and oxygen atoms in total. The van der Waals surface area contributed by atoms with Gasteiger partial charge in [-0.3, -0.25) is 38.4 Å². The van der Waals surface area contributed by atoms with Crippen LogP contribution in [0.2, 0.25) is 0 Å². The van der Waals surface area contributed by atoms with Gasteiger partial charge in [0.05, 0.1) is 31.0 Å². The van der Waals surface area contributed by atoms with Crippen LogP contribution in [-0.4, -0.2) is 98.5 Å². The fraction of sp³-hybridized carbons (Fsp3) is 0.318. The van der Waals surface area contributed by atoms with Gasteiger partial charge in [-0.15, -0.1) is 0 Å². The highest BCUT2D eigenvalue weighted by Crippen LogP contribution is 2.43. The van der Waals surface area contributed by atoms with E-state index in [2.05, 4.69) is 5.32 Å². The Morgan fingerprint density at radius 1 is 0.672 bits per heavy atom. The molecule has 3 aromatic rings. The molecule has 0 spiro atoms. The molecule has 0 aromatic heterocycles. The lowest BCUT2D eigenvalue weighted by molar-refractivity contribution is -0.288. The van der Waals surface area contributed by atoms with Crippen molar-refractivity contribution in [1.82, 2.24) is 0 Å². The van der Waals surface area contributed by atoms with Gasteiger partial charge in [-0.1, -0.05) is 0 Å². The molecular weight excluding hydrogens is 798 g/mol. The molecule has 0 saturated carbocycles. The lowest BCUT2D eigenvalue weighted by Gasteiger charge is -2.43. The summed E-state index contributed by atoms with van der Waals surface area (Å²) in [5, 5.41) is 2.94. The lowest BCUT2D eigenvalue weighted by Crippen LogP contribution is -2.63. The number of anilines is 1. The average molecular weight is 840 g/mol. The predicted molar refractivity (Wildman–Crippen MR) is 211 cm³/mol. The maximum absolute atomic E-state index is 14.2. The van der Waals surface area contributed by atoms with Gasteiger partial charge in [0, 0.05) is 61.7 Å². The lowest BCUT2D eigenvalue weighted by atomic mass is 9.80. The average Bonchev–Trinajstić information content (AvgIpc) is 3.19. The Morgan fingerprint density at radius 2 is 1.31 bits per heavy atom. The van der Waals surface area contributed by atoms with Crippen LogP contribution >= 0.6 is 0 Å². The number of ketones is 4. The van der Waals surface area contributed by atoms with Gasteiger partial charge in [-0.25, -0.2) is 0 Å². The first kappa shape index (κ1) is 43.4. The van der Waals surface area contributed by atoms with E-state index in [0.717, 1.165) is 33.8 Å². The Kier molecular flexibility index (Phi) is 12.5. The minimum absolute atomic E-state index is 0.0149. The molecule has 61 heavy (non-hydrogen) atoms. The quantitative estimate of drug-likeness (QED) is 0.194. The van der Waals surface area contributed by atoms with Gasteiger partial charge in [0.1, 0.15) is 30.0 Å². The van der Waals surface area contributed by atoms with E-state index in [1.165, 1.54) is 50.6 Å². The zero-order chi connectivity index (χ0) is 44.4. The molecule has 318 valence electrons. The standard InChI is InChI=1S/C44H41NO16/c1-19-13-28-36(33(14-19)54-7)32(51)16-29(38(28)52)35-20(2)15-27-31(50)17-30(39(53)37(27)41(35)55-8)45-25-9-11-26(12-10-25)60-44-43(59-24(6)49)42(58-23(5)48)40(57-22(4)47)34(61-44)18-56-21(3)46/h9-17,34,40,42-45H,18H2,1-8H3/t34-,40-,42+,43+,44+/m1/s1. The Morgan fingerprint density at radius 3 is 1.92 bits per heavy atom. The second-order valence-corrected chi connectivity index (χ2v) is 14.3. The van der Waals surface area contributed by atoms with Crippen molar-refractivity contribution in [3.63, 3.8) is 0 Å². The van der Waals surface area contributed by atoms with E-state index in [9.17, 15) is 38.4 Å². The van der Waals surface area contributed by atoms with Crippen molar-refractivity contribution in [1.29, 1.82) is 0 Å². The molecule has 6 rings (SSSR count). The van der Waals surface area contributed by atoms with Gasteiger partial charge >= 0.3 is 23.9 Å². The van der Waals surface area contributed by atoms with Crippen molar-refractivity contribution >= 4 is 58.3 Å². The summed E-state index contributed by atoms with van der Waals surface area (Å²) < 4.78 is 44.6. The van der Waals surface area contributed by atoms with Crippen molar-refractivity contribution < 1.29 is 76.3 Å². The normalized spacial score (nSPS) is 20.6. The van der Waals surface area contributed by atoms with Gasteiger partial charge < -0.3 is 43.2 Å². The van der Waals surface area contributed by atoms with Gasteiger partial charge in [-0.05, 0) is 73.5 Å². The third-order valence-electron chi connectivity index (χ3n) is 9.78. The second-order valence-electron chi connectivity index (χ2n) is 14.3. The van der Waals surface area contributed by atoms with E-state index in [0.29, 0.717) is 16.8 Å². The number of allylic oxidation sites excluding steroid dienone is 4. The molecule has 0 bridgehead atoms. The Hall–Kier alpha value is -7.14. The highest BCUT2D eigenvalue weighted by atomic mass is 16.7. The smallest absolute Gasteiger partial charge is 0.303 e. The SMILES string of the molecule is COc1cc(C)cc2c1C(=O)C=C(c1c(C)cc3c(c1OC)C(=O)C(Nc1ccc(O[C@H]4O[C@H](COC(C)=O)[C@@H](OC(C)=O)[C@H](OC(C)=O)[C@@H]4OC(C)=O)cc1)=CC3=O)C2=O. The third kappa shape index (κ3) is 8.91. The summed E-state index contributed by atoms with van der Waals surface area (Å²) in [6, 6.07) is 10.6. The zero-order valence-corrected chi connectivity index (χ0v) is 34.3. The number of ether oxygens (including phenoxy) is 8. The Bertz CT molecular complexity index is 2450. The first-order valence-electron chi connectivity index (χ1n) is 18.8. The number of carbonyl (C=O) groups is 8. The minimum atomic E-state index is -1.50. The van der Waals surface area contributed by atoms with Gasteiger partial charge in [0.15, 0.2) is 29.6 Å². The number of hydrogen-bond donors (Lipinski definition) is 1. The minimum Gasteiger partial charge on any atom is -0.496 e. The van der Waals surface area contributed by atoms with E-state index in [1.54, 1.807) is 26.0 Å². The first-order valence-corrected chi connectivity index (χ1v) is 18.8. The van der Waals surface area contributed by atoms with Crippen LogP contribution in [0.4, 0.5) is 5.69 Å². The molecule has 1 heterocycles. The molecule has 1 N–H and O–H groups in total. The van der Waals surface area contributed by atoms with Gasteiger partial charge in [-0.2, -0.15) is 0 Å². The molecule has 5 atom stereocenters. The fourth-order valence-corrected chi connectivity index (χ4v) is 7.38. The number of rotatable bonds is 12. The number of Topliss-reactive ketones (excluding diaryl/α,β-unsaturated/α-hetero) is 2. The third-order valence-corrected chi connectivity index (χ3v) is 9.78. The van der Waals surface area contributed by atoms with Crippen molar-refractivity contribution in [3.05, 3.63) is 99.3 Å². The van der Waals surface area contributed by atoms with Crippen molar-refractivity contribution in [2.75, 3.05) is 26.1 Å². The zero-order valence-electron chi connectivity index (χ0n) is 34.3. The summed E-state index contributed by atoms with van der Waals surface area (Å²) in [4.78, 5) is 103. The van der Waals surface area contributed by atoms with Crippen molar-refractivity contribution in [2.24, 2.45) is 0 Å². The molecule has 3 aliphatic rings. The molecular formula is C44H41NO16. The maximum atomic E-state index is 14.2. The molecule has 1 saturated heterocycles. The van der Waals surface area contributed by atoms with E-state index in [-0.39, 0.29) is 56.3 Å². The topological polar surface area (TPSA) is 222 Å². The molecule has 2 aliphatic carbocycles. The highest BCUT2D eigenvalue weighted by Gasteiger charge is 2.53. The number of benzene rings is 3. The Balaban J connectivity index is 1.28. The maximum Gasteiger partial charge on any atom is 0.303 e. The van der Waals surface area contributed by atoms with Gasteiger partial charge in [0.2, 0.25) is 18.2 Å². The molecule has 3 aromatic carbocycles. The number of hydrogen-bond acceptors (Lipinski definition) is 17. The molecule has 1 fully saturated rings. The highest BCUT2D eigenvalue weighted by molar-refractivity contribution is 6.40. The van der Waals surface area contributed by atoms with E-state index >= 15 is 0 Å². The second kappa shape index (κ2) is 17.6. The molecule has 0 radical (unpaired) electrons. The number of methoxy groups -OCH3 is 2. The largest absolute Gasteiger partial charge is 0.496 e. The number of aryl methyl sites for hydroxylation is 2. The summed E-state index contributed by atoms with van der Waals surface area (Å²) >= 11 is 0. The van der Waals surface area contributed by atoms with Crippen LogP contribution in [0, 0.1) is 13.8 Å². The van der Waals surface area contributed by atoms with Crippen LogP contribution in [0.3, 0.4) is 0 Å². The van der Waals surface area contributed by atoms with Crippen LogP contribution in [0.1, 0.15) is 85.8 Å². The monoisotopic (exact) mass is 839 g/mol. The number of nitrogens with one attached hydrogen (secondary N) is 1. The van der Waals surface area contributed by atoms with E-state index < -0.39 is 84.3 Å². The van der Waals surface area contributed by atoms with Crippen LogP contribution < -0.4 is 19.5 Å². The van der Waals surface area contributed by atoms with Crippen LogP contribution in [0.5, 0.6) is 17.2 Å². The summed E-state index contributed by atoms with van der Waals surface area (Å²) in [7, 11) is 2.70. The number of carbonyl (C=O) groups excluding carboxylic acids is 8. The van der Waals surface area contributed by atoms with Crippen molar-refractivity contribution in [2.45, 2.75) is 72.2 Å². The molecule has 0 amide bonds. The predicted octanol–water partition coefficient (Wildman–Crippen LogP) is 4.62. The molecule has 17 heteroatoms. The Labute approximate surface area is 348 Å². The first-order chi connectivity index (χ1) is 28.9. The summed E-state index contributed by atoms with van der Waals surface area (Å²) in [5.41, 5.74) is 1.62. The summed E-state index contributed by atoms with van der Waals surface area (Å²) in [5.74, 6) is -4.93. The van der Waals surface area contributed by atoms with E-state index in [4.69, 9.17) is 37.9 Å². The van der Waals surface area contributed by atoms with E-state index in [1.807, 2.05) is 0 Å². The van der Waals surface area contributed by atoms with Crippen molar-refractivity contribution in [3.8, 4) is 17.2 Å². The molecule has 1 aliphatic heterocycles. The van der Waals surface area contributed by atoms with Crippen LogP contribution in [-0.2, 0) is 42.9 Å². The van der Waals surface area contributed by atoms with Crippen LogP contribution in [0.25, 0.3) is 5.57 Å². The number of fused-ring (bicyclic) bond motifs is 2. The van der Waals surface area contributed by atoms with Gasteiger partial charge in [0.25, 0.3) is 0 Å². The fourth-order valence-electron chi connectivity index (χ4n) is 7.38. The summed E-state index contributed by atoms with van der Waals surface area (Å²) in [6.07, 6.45) is -4.74. The van der Waals surface area contributed by atoms with Crippen LogP contribution in [0.15, 0.2) is 60.3 Å².